The normalized spacial score (nSPS) is 12.2. The largest absolute Gasteiger partial charge is 0.507 e. The highest BCUT2D eigenvalue weighted by molar-refractivity contribution is 5.80. The first-order valence-corrected chi connectivity index (χ1v) is 5.65. The Morgan fingerprint density at radius 1 is 1.33 bits per heavy atom. The molecule has 0 spiro atoms. The molecule has 0 saturated carbocycles. The SMILES string of the molecule is C=C(/C(O)=C\C=C/C)c1ncc2ccccc2n1. The number of aliphatic hydroxyl groups excluding tert-OH is 1. The molecular formula is C15H14N2O. The van der Waals surface area contributed by atoms with E-state index < -0.39 is 0 Å². The van der Waals surface area contributed by atoms with Gasteiger partial charge in [0, 0.05) is 11.6 Å². The van der Waals surface area contributed by atoms with Gasteiger partial charge in [0.05, 0.1) is 11.1 Å². The van der Waals surface area contributed by atoms with Crippen LogP contribution in [0.2, 0.25) is 0 Å². The maximum absolute atomic E-state index is 9.80. The Morgan fingerprint density at radius 2 is 2.11 bits per heavy atom. The molecule has 0 fully saturated rings. The minimum atomic E-state index is 0.0726. The van der Waals surface area contributed by atoms with Crippen molar-refractivity contribution in [2.24, 2.45) is 0 Å². The van der Waals surface area contributed by atoms with E-state index in [1.54, 1.807) is 18.3 Å². The van der Waals surface area contributed by atoms with Crippen molar-refractivity contribution in [1.82, 2.24) is 9.97 Å². The molecule has 0 aliphatic heterocycles. The van der Waals surface area contributed by atoms with E-state index in [-0.39, 0.29) is 5.76 Å². The number of rotatable bonds is 3. The fourth-order valence-corrected chi connectivity index (χ4v) is 1.52. The molecule has 1 aromatic carbocycles. The highest BCUT2D eigenvalue weighted by atomic mass is 16.3. The first kappa shape index (κ1) is 12.0. The van der Waals surface area contributed by atoms with Crippen molar-refractivity contribution in [3.05, 3.63) is 66.9 Å². The minimum absolute atomic E-state index is 0.0726. The van der Waals surface area contributed by atoms with Gasteiger partial charge in [0.2, 0.25) is 0 Å². The van der Waals surface area contributed by atoms with E-state index in [2.05, 4.69) is 16.5 Å². The molecule has 3 nitrogen and oxygen atoms in total. The van der Waals surface area contributed by atoms with E-state index in [0.717, 1.165) is 10.9 Å². The zero-order chi connectivity index (χ0) is 13.0. The summed E-state index contributed by atoms with van der Waals surface area (Å²) in [6, 6.07) is 7.69. The smallest absolute Gasteiger partial charge is 0.162 e. The summed E-state index contributed by atoms with van der Waals surface area (Å²) in [5.41, 5.74) is 1.25. The molecule has 3 heteroatoms. The predicted molar refractivity (Wildman–Crippen MR) is 74.1 cm³/mol. The molecule has 0 bridgehead atoms. The molecule has 0 radical (unpaired) electrons. The van der Waals surface area contributed by atoms with Gasteiger partial charge in [0.15, 0.2) is 5.82 Å². The lowest BCUT2D eigenvalue weighted by molar-refractivity contribution is 0.437. The molecule has 0 atom stereocenters. The monoisotopic (exact) mass is 238 g/mol. The summed E-state index contributed by atoms with van der Waals surface area (Å²) in [6.07, 6.45) is 6.86. The van der Waals surface area contributed by atoms with Crippen LogP contribution >= 0.6 is 0 Å². The summed E-state index contributed by atoms with van der Waals surface area (Å²) >= 11 is 0. The van der Waals surface area contributed by atoms with Crippen molar-refractivity contribution in [3.63, 3.8) is 0 Å². The molecule has 1 N–H and O–H groups in total. The second-order valence-electron chi connectivity index (χ2n) is 3.81. The van der Waals surface area contributed by atoms with E-state index >= 15 is 0 Å². The van der Waals surface area contributed by atoms with Crippen molar-refractivity contribution in [2.45, 2.75) is 6.92 Å². The van der Waals surface area contributed by atoms with Crippen LogP contribution in [0.5, 0.6) is 0 Å². The van der Waals surface area contributed by atoms with Gasteiger partial charge in [-0.2, -0.15) is 0 Å². The molecule has 0 aliphatic carbocycles. The Labute approximate surface area is 106 Å². The van der Waals surface area contributed by atoms with Crippen LogP contribution in [-0.4, -0.2) is 15.1 Å². The van der Waals surface area contributed by atoms with Gasteiger partial charge in [0.1, 0.15) is 5.76 Å². The quantitative estimate of drug-likeness (QED) is 0.655. The Morgan fingerprint density at radius 3 is 2.89 bits per heavy atom. The van der Waals surface area contributed by atoms with Crippen LogP contribution < -0.4 is 0 Å². The van der Waals surface area contributed by atoms with Crippen LogP contribution in [0.3, 0.4) is 0 Å². The summed E-state index contributed by atoms with van der Waals surface area (Å²) in [4.78, 5) is 8.57. The van der Waals surface area contributed by atoms with Crippen molar-refractivity contribution in [3.8, 4) is 0 Å². The van der Waals surface area contributed by atoms with Gasteiger partial charge < -0.3 is 5.11 Å². The zero-order valence-corrected chi connectivity index (χ0v) is 10.2. The first-order valence-electron chi connectivity index (χ1n) is 5.65. The van der Waals surface area contributed by atoms with E-state index in [1.807, 2.05) is 37.3 Å². The summed E-state index contributed by atoms with van der Waals surface area (Å²) in [5, 5.41) is 10.8. The van der Waals surface area contributed by atoms with E-state index in [4.69, 9.17) is 0 Å². The second-order valence-corrected chi connectivity index (χ2v) is 3.81. The van der Waals surface area contributed by atoms with Crippen LogP contribution in [0.15, 0.2) is 61.0 Å². The zero-order valence-electron chi connectivity index (χ0n) is 10.2. The summed E-state index contributed by atoms with van der Waals surface area (Å²) < 4.78 is 0. The van der Waals surface area contributed by atoms with Gasteiger partial charge in [-0.3, -0.25) is 0 Å². The van der Waals surface area contributed by atoms with Crippen molar-refractivity contribution < 1.29 is 5.11 Å². The molecule has 0 unspecified atom stereocenters. The van der Waals surface area contributed by atoms with Gasteiger partial charge in [-0.25, -0.2) is 9.97 Å². The molecule has 2 rings (SSSR count). The third-order valence-corrected chi connectivity index (χ3v) is 2.51. The lowest BCUT2D eigenvalue weighted by Crippen LogP contribution is -1.96. The molecule has 2 aromatic rings. The molecule has 0 saturated heterocycles. The fraction of sp³-hybridized carbons (Fsp3) is 0.0667. The molecule has 0 amide bonds. The number of hydrogen-bond acceptors (Lipinski definition) is 3. The topological polar surface area (TPSA) is 46.0 Å². The van der Waals surface area contributed by atoms with Crippen molar-refractivity contribution in [2.75, 3.05) is 0 Å². The maximum atomic E-state index is 9.80. The second kappa shape index (κ2) is 5.27. The van der Waals surface area contributed by atoms with Crippen molar-refractivity contribution in [1.29, 1.82) is 0 Å². The average molecular weight is 238 g/mol. The van der Waals surface area contributed by atoms with Crippen LogP contribution in [0.1, 0.15) is 12.7 Å². The number of nitrogens with zero attached hydrogens (tertiary/aromatic N) is 2. The Balaban J connectivity index is 2.39. The van der Waals surface area contributed by atoms with Crippen LogP contribution in [-0.2, 0) is 0 Å². The van der Waals surface area contributed by atoms with E-state index in [0.29, 0.717) is 11.4 Å². The summed E-state index contributed by atoms with van der Waals surface area (Å²) in [5.74, 6) is 0.510. The van der Waals surface area contributed by atoms with Crippen LogP contribution in [0.4, 0.5) is 0 Å². The third-order valence-electron chi connectivity index (χ3n) is 2.51. The number of allylic oxidation sites excluding steroid dienone is 4. The Bertz CT molecular complexity index is 642. The fourth-order valence-electron chi connectivity index (χ4n) is 1.52. The number of para-hydroxylation sites is 1. The number of benzene rings is 1. The molecular weight excluding hydrogens is 224 g/mol. The van der Waals surface area contributed by atoms with Gasteiger partial charge >= 0.3 is 0 Å². The molecule has 90 valence electrons. The minimum Gasteiger partial charge on any atom is -0.507 e. The lowest BCUT2D eigenvalue weighted by Gasteiger charge is -2.04. The first-order chi connectivity index (χ1) is 8.72. The van der Waals surface area contributed by atoms with E-state index in [9.17, 15) is 5.11 Å². The molecule has 1 heterocycles. The third kappa shape index (κ3) is 2.46. The number of aliphatic hydroxyl groups is 1. The Kier molecular flexibility index (Phi) is 3.53. The lowest BCUT2D eigenvalue weighted by atomic mass is 10.2. The van der Waals surface area contributed by atoms with Crippen molar-refractivity contribution >= 4 is 16.5 Å². The van der Waals surface area contributed by atoms with Gasteiger partial charge in [0.25, 0.3) is 0 Å². The highest BCUT2D eigenvalue weighted by Gasteiger charge is 2.07. The number of hydrogen-bond donors (Lipinski definition) is 1. The number of aromatic nitrogens is 2. The van der Waals surface area contributed by atoms with Crippen LogP contribution in [0.25, 0.3) is 16.5 Å². The van der Waals surface area contributed by atoms with Gasteiger partial charge in [-0.05, 0) is 19.1 Å². The van der Waals surface area contributed by atoms with Gasteiger partial charge in [-0.15, -0.1) is 0 Å². The molecule has 1 aromatic heterocycles. The molecule has 18 heavy (non-hydrogen) atoms. The Hall–Kier alpha value is -2.42. The standard InChI is InChI=1S/C15H14N2O/c1-3-4-9-14(18)11(2)15-16-10-12-7-5-6-8-13(12)17-15/h3-10,18H,2H2,1H3/b4-3-,14-9+. The van der Waals surface area contributed by atoms with Gasteiger partial charge in [-0.1, -0.05) is 36.9 Å². The predicted octanol–water partition coefficient (Wildman–Crippen LogP) is 3.66. The van der Waals surface area contributed by atoms with Crippen LogP contribution in [0, 0.1) is 0 Å². The summed E-state index contributed by atoms with van der Waals surface area (Å²) in [7, 11) is 0. The number of fused-ring (bicyclic) bond motifs is 1. The molecule has 0 aliphatic rings. The van der Waals surface area contributed by atoms with E-state index in [1.165, 1.54) is 0 Å². The summed E-state index contributed by atoms with van der Waals surface area (Å²) in [6.45, 7) is 5.68. The highest BCUT2D eigenvalue weighted by Crippen LogP contribution is 2.18. The maximum Gasteiger partial charge on any atom is 0.162 e. The average Bonchev–Trinajstić information content (AvgIpc) is 2.43.